The molecule has 0 aromatic carbocycles. The van der Waals surface area contributed by atoms with Gasteiger partial charge in [-0.05, 0) is 36.4 Å². The molecule has 0 radical (unpaired) electrons. The van der Waals surface area contributed by atoms with E-state index in [2.05, 4.69) is 34.3 Å². The first-order chi connectivity index (χ1) is 10.5. The number of thioether (sulfide) groups is 1. The van der Waals surface area contributed by atoms with Crippen LogP contribution in [0, 0.1) is 5.92 Å². The Hall–Kier alpha value is -1.60. The highest BCUT2D eigenvalue weighted by Crippen LogP contribution is 2.20. The maximum absolute atomic E-state index is 11.9. The van der Waals surface area contributed by atoms with Gasteiger partial charge >= 0.3 is 0 Å². The third kappa shape index (κ3) is 5.31. The molecule has 2 rings (SSSR count). The largest absolute Gasteiger partial charge is 0.355 e. The van der Waals surface area contributed by atoms with Crippen LogP contribution in [0.25, 0.3) is 12.2 Å². The van der Waals surface area contributed by atoms with Crippen LogP contribution in [0.5, 0.6) is 0 Å². The Morgan fingerprint density at radius 3 is 2.95 bits per heavy atom. The third-order valence-corrected chi connectivity index (χ3v) is 4.57. The Bertz CT molecular complexity index is 619. The second-order valence-corrected chi connectivity index (χ2v) is 7.54. The average Bonchev–Trinajstić information content (AvgIpc) is 3.13. The molecule has 0 fully saturated rings. The number of aromatic nitrogens is 3. The molecule has 1 unspecified atom stereocenters. The van der Waals surface area contributed by atoms with Gasteiger partial charge in [0, 0.05) is 11.4 Å². The first kappa shape index (κ1) is 16.8. The van der Waals surface area contributed by atoms with Gasteiger partial charge in [-0.2, -0.15) is 0 Å². The van der Waals surface area contributed by atoms with Crippen molar-refractivity contribution in [3.05, 3.63) is 28.2 Å². The molecule has 2 aromatic heterocycles. The molecule has 7 heteroatoms. The molecule has 0 aliphatic rings. The molecule has 5 nitrogen and oxygen atoms in total. The number of hydrogen-bond acceptors (Lipinski definition) is 5. The van der Waals surface area contributed by atoms with Crippen molar-refractivity contribution in [3.63, 3.8) is 0 Å². The normalized spacial score (nSPS) is 12.9. The van der Waals surface area contributed by atoms with Crippen LogP contribution in [0.4, 0.5) is 0 Å². The number of carbonyl (C=O) groups is 1. The molecule has 1 atom stereocenters. The monoisotopic (exact) mass is 336 g/mol. The number of carbonyl (C=O) groups excluding carboxylic acids is 1. The lowest BCUT2D eigenvalue weighted by molar-refractivity contribution is -0.120. The predicted molar refractivity (Wildman–Crippen MR) is 92.8 cm³/mol. The Morgan fingerprint density at radius 2 is 2.27 bits per heavy atom. The van der Waals surface area contributed by atoms with E-state index in [1.807, 2.05) is 36.6 Å². The van der Waals surface area contributed by atoms with Crippen LogP contribution in [-0.4, -0.2) is 32.9 Å². The maximum Gasteiger partial charge on any atom is 0.233 e. The summed E-state index contributed by atoms with van der Waals surface area (Å²) in [7, 11) is 0. The lowest BCUT2D eigenvalue weighted by Gasteiger charge is -2.11. The van der Waals surface area contributed by atoms with Crippen molar-refractivity contribution in [3.8, 4) is 0 Å². The number of nitrogens with zero attached hydrogens (tertiary/aromatic N) is 2. The van der Waals surface area contributed by atoms with Gasteiger partial charge in [0.05, 0.1) is 5.25 Å². The summed E-state index contributed by atoms with van der Waals surface area (Å²) in [6.07, 6.45) is 3.87. The number of nitrogens with one attached hydrogen (secondary N) is 2. The van der Waals surface area contributed by atoms with Gasteiger partial charge in [0.1, 0.15) is 5.82 Å². The van der Waals surface area contributed by atoms with Gasteiger partial charge in [0.25, 0.3) is 0 Å². The lowest BCUT2D eigenvalue weighted by atomic mass is 10.2. The molecule has 0 saturated heterocycles. The highest BCUT2D eigenvalue weighted by molar-refractivity contribution is 8.00. The zero-order chi connectivity index (χ0) is 15.9. The van der Waals surface area contributed by atoms with E-state index >= 15 is 0 Å². The molecular weight excluding hydrogens is 316 g/mol. The van der Waals surface area contributed by atoms with Crippen LogP contribution in [-0.2, 0) is 4.79 Å². The summed E-state index contributed by atoms with van der Waals surface area (Å²) in [5.41, 5.74) is 0. The fourth-order valence-electron chi connectivity index (χ4n) is 1.59. The number of aromatic amines is 1. The second-order valence-electron chi connectivity index (χ2n) is 5.25. The highest BCUT2D eigenvalue weighted by atomic mass is 32.2. The Morgan fingerprint density at radius 1 is 1.45 bits per heavy atom. The second kappa shape index (κ2) is 8.14. The van der Waals surface area contributed by atoms with Crippen molar-refractivity contribution >= 4 is 41.2 Å². The van der Waals surface area contributed by atoms with E-state index in [0.29, 0.717) is 23.4 Å². The summed E-state index contributed by atoms with van der Waals surface area (Å²) in [5.74, 6) is 1.14. The molecule has 22 heavy (non-hydrogen) atoms. The van der Waals surface area contributed by atoms with Gasteiger partial charge in [-0.3, -0.25) is 9.89 Å². The zero-order valence-electron chi connectivity index (χ0n) is 12.9. The quantitative estimate of drug-likeness (QED) is 0.761. The number of H-pyrrole nitrogens is 1. The zero-order valence-corrected chi connectivity index (χ0v) is 14.5. The summed E-state index contributed by atoms with van der Waals surface area (Å²) >= 11 is 3.01. The van der Waals surface area contributed by atoms with E-state index < -0.39 is 0 Å². The predicted octanol–water partition coefficient (Wildman–Crippen LogP) is 3.29. The molecule has 1 amide bonds. The molecule has 0 aliphatic carbocycles. The number of thiophene rings is 1. The summed E-state index contributed by atoms with van der Waals surface area (Å²) in [6, 6.07) is 4.04. The number of amides is 1. The minimum absolute atomic E-state index is 0.0131. The highest BCUT2D eigenvalue weighted by Gasteiger charge is 2.16. The van der Waals surface area contributed by atoms with E-state index in [1.165, 1.54) is 11.8 Å². The van der Waals surface area contributed by atoms with E-state index in [9.17, 15) is 4.79 Å². The van der Waals surface area contributed by atoms with Gasteiger partial charge in [-0.1, -0.05) is 31.7 Å². The molecular formula is C15H20N4OS2. The van der Waals surface area contributed by atoms with E-state index in [1.54, 1.807) is 11.3 Å². The van der Waals surface area contributed by atoms with Gasteiger partial charge < -0.3 is 5.32 Å². The van der Waals surface area contributed by atoms with Crippen molar-refractivity contribution in [2.75, 3.05) is 6.54 Å². The average molecular weight is 336 g/mol. The van der Waals surface area contributed by atoms with Crippen LogP contribution >= 0.6 is 23.1 Å². The van der Waals surface area contributed by atoms with Crippen LogP contribution in [0.1, 0.15) is 31.5 Å². The summed E-state index contributed by atoms with van der Waals surface area (Å²) < 4.78 is 0. The Labute approximate surface area is 138 Å². The van der Waals surface area contributed by atoms with Gasteiger partial charge in [-0.25, -0.2) is 4.98 Å². The van der Waals surface area contributed by atoms with E-state index in [0.717, 1.165) is 4.88 Å². The SMILES string of the molecule is CC(C)CNC(=O)C(C)Sc1n[nH]c(C=Cc2cccs2)n1. The first-order valence-corrected chi connectivity index (χ1v) is 8.89. The van der Waals surface area contributed by atoms with Gasteiger partial charge in [0.2, 0.25) is 11.1 Å². The molecule has 0 aliphatic heterocycles. The third-order valence-electron chi connectivity index (χ3n) is 2.77. The van der Waals surface area contributed by atoms with Crippen molar-refractivity contribution < 1.29 is 4.79 Å². The molecule has 2 aromatic rings. The van der Waals surface area contributed by atoms with E-state index in [4.69, 9.17) is 0 Å². The topological polar surface area (TPSA) is 70.7 Å². The summed E-state index contributed by atoms with van der Waals surface area (Å²) in [4.78, 5) is 17.5. The minimum atomic E-state index is -0.219. The Kier molecular flexibility index (Phi) is 6.21. The molecule has 0 bridgehead atoms. The van der Waals surface area contributed by atoms with Crippen molar-refractivity contribution in [2.45, 2.75) is 31.2 Å². The first-order valence-electron chi connectivity index (χ1n) is 7.13. The Balaban J connectivity index is 1.87. The summed E-state index contributed by atoms with van der Waals surface area (Å²) in [6.45, 7) is 6.68. The van der Waals surface area contributed by atoms with Crippen LogP contribution in [0.3, 0.4) is 0 Å². The van der Waals surface area contributed by atoms with Gasteiger partial charge in [-0.15, -0.1) is 16.4 Å². The molecule has 2 heterocycles. The fourth-order valence-corrected chi connectivity index (χ4v) is 2.97. The van der Waals surface area contributed by atoms with Crippen LogP contribution < -0.4 is 5.32 Å². The number of hydrogen-bond donors (Lipinski definition) is 2. The maximum atomic E-state index is 11.9. The van der Waals surface area contributed by atoms with E-state index in [-0.39, 0.29) is 11.2 Å². The molecule has 2 N–H and O–H groups in total. The molecule has 118 valence electrons. The fraction of sp³-hybridized carbons (Fsp3) is 0.400. The minimum Gasteiger partial charge on any atom is -0.355 e. The van der Waals surface area contributed by atoms with Crippen LogP contribution in [0.2, 0.25) is 0 Å². The smallest absolute Gasteiger partial charge is 0.233 e. The number of rotatable bonds is 7. The lowest BCUT2D eigenvalue weighted by Crippen LogP contribution is -2.33. The molecule has 0 saturated carbocycles. The molecule has 0 spiro atoms. The standard InChI is InChI=1S/C15H20N4OS2/c1-10(2)9-16-14(20)11(3)22-15-17-13(18-19-15)7-6-12-5-4-8-21-12/h4-8,10-11H,9H2,1-3H3,(H,16,20)(H,17,18,19). The van der Waals surface area contributed by atoms with Gasteiger partial charge in [0.15, 0.2) is 0 Å². The van der Waals surface area contributed by atoms with Crippen LogP contribution in [0.15, 0.2) is 22.7 Å². The summed E-state index contributed by atoms with van der Waals surface area (Å²) in [5, 5.41) is 12.3. The van der Waals surface area contributed by atoms with Crippen molar-refractivity contribution in [1.82, 2.24) is 20.5 Å². The van der Waals surface area contributed by atoms with Crippen molar-refractivity contribution in [1.29, 1.82) is 0 Å². The van der Waals surface area contributed by atoms with Crippen molar-refractivity contribution in [2.24, 2.45) is 5.92 Å².